The van der Waals surface area contributed by atoms with Gasteiger partial charge in [-0.05, 0) is 24.6 Å². The zero-order valence-corrected chi connectivity index (χ0v) is 6.38. The summed E-state index contributed by atoms with van der Waals surface area (Å²) in [7, 11) is 0. The summed E-state index contributed by atoms with van der Waals surface area (Å²) in [4.78, 5) is 0. The third-order valence-electron chi connectivity index (χ3n) is 1.64. The van der Waals surface area contributed by atoms with Gasteiger partial charge in [0.2, 0.25) is 0 Å². The zero-order chi connectivity index (χ0) is 8.27. The Kier molecular flexibility index (Phi) is 2.33. The number of benzene rings is 1. The minimum atomic E-state index is 0.605. The van der Waals surface area contributed by atoms with Crippen LogP contribution >= 0.6 is 0 Å². The Morgan fingerprint density at radius 1 is 1.18 bits per heavy atom. The van der Waals surface area contributed by atoms with E-state index in [0.717, 1.165) is 12.0 Å². The SMILES string of the molecule is NCCc1cccc(N)c1N. The summed E-state index contributed by atoms with van der Waals surface area (Å²) in [5.41, 5.74) is 19.0. The predicted octanol–water partition coefficient (Wildman–Crippen LogP) is 0.352. The molecule has 0 heterocycles. The smallest absolute Gasteiger partial charge is 0.0580 e. The molecule has 0 spiro atoms. The molecule has 0 saturated heterocycles. The molecule has 0 saturated carbocycles. The molecule has 11 heavy (non-hydrogen) atoms. The van der Waals surface area contributed by atoms with Crippen LogP contribution in [-0.2, 0) is 6.42 Å². The van der Waals surface area contributed by atoms with E-state index in [0.29, 0.717) is 17.9 Å². The van der Waals surface area contributed by atoms with Crippen molar-refractivity contribution in [3.8, 4) is 0 Å². The lowest BCUT2D eigenvalue weighted by Crippen LogP contribution is -2.06. The number of nitrogen functional groups attached to an aromatic ring is 2. The summed E-state index contributed by atoms with van der Waals surface area (Å²) in [6, 6.07) is 5.62. The van der Waals surface area contributed by atoms with Crippen molar-refractivity contribution in [1.82, 2.24) is 0 Å². The van der Waals surface area contributed by atoms with E-state index in [9.17, 15) is 0 Å². The molecule has 6 N–H and O–H groups in total. The van der Waals surface area contributed by atoms with Crippen molar-refractivity contribution < 1.29 is 0 Å². The second kappa shape index (κ2) is 3.25. The fourth-order valence-electron chi connectivity index (χ4n) is 1.01. The Hall–Kier alpha value is -1.22. The molecule has 0 unspecified atom stereocenters. The lowest BCUT2D eigenvalue weighted by Gasteiger charge is -2.05. The molecule has 0 aliphatic carbocycles. The standard InChI is InChI=1S/C8H13N3/c9-5-4-6-2-1-3-7(10)8(6)11/h1-3H,4-5,9-11H2. The van der Waals surface area contributed by atoms with Gasteiger partial charge in [-0.2, -0.15) is 0 Å². The summed E-state index contributed by atoms with van der Waals surface area (Å²) >= 11 is 0. The summed E-state index contributed by atoms with van der Waals surface area (Å²) in [6.07, 6.45) is 0.789. The average molecular weight is 151 g/mol. The Morgan fingerprint density at radius 3 is 2.55 bits per heavy atom. The largest absolute Gasteiger partial charge is 0.397 e. The van der Waals surface area contributed by atoms with E-state index < -0.39 is 0 Å². The number of nitrogens with two attached hydrogens (primary N) is 3. The number of hydrogen-bond acceptors (Lipinski definition) is 3. The molecule has 0 radical (unpaired) electrons. The van der Waals surface area contributed by atoms with Crippen molar-refractivity contribution >= 4 is 11.4 Å². The van der Waals surface area contributed by atoms with E-state index >= 15 is 0 Å². The van der Waals surface area contributed by atoms with E-state index in [1.807, 2.05) is 12.1 Å². The van der Waals surface area contributed by atoms with Crippen LogP contribution in [0, 0.1) is 0 Å². The van der Waals surface area contributed by atoms with Crippen molar-refractivity contribution in [3.63, 3.8) is 0 Å². The first-order valence-electron chi connectivity index (χ1n) is 3.58. The normalized spacial score (nSPS) is 9.91. The molecule has 1 rings (SSSR count). The van der Waals surface area contributed by atoms with Gasteiger partial charge < -0.3 is 17.2 Å². The number of anilines is 2. The van der Waals surface area contributed by atoms with Gasteiger partial charge in [0.1, 0.15) is 0 Å². The number of hydrogen-bond donors (Lipinski definition) is 3. The van der Waals surface area contributed by atoms with E-state index in [2.05, 4.69) is 0 Å². The van der Waals surface area contributed by atoms with Crippen molar-refractivity contribution in [2.24, 2.45) is 5.73 Å². The monoisotopic (exact) mass is 151 g/mol. The van der Waals surface area contributed by atoms with Crippen LogP contribution in [0.1, 0.15) is 5.56 Å². The van der Waals surface area contributed by atoms with E-state index in [1.165, 1.54) is 0 Å². The molecule has 0 aliphatic heterocycles. The summed E-state index contributed by atoms with van der Waals surface area (Å²) in [5, 5.41) is 0. The van der Waals surface area contributed by atoms with Crippen LogP contribution < -0.4 is 17.2 Å². The fraction of sp³-hybridized carbons (Fsp3) is 0.250. The highest BCUT2D eigenvalue weighted by molar-refractivity contribution is 5.67. The van der Waals surface area contributed by atoms with Crippen molar-refractivity contribution in [2.45, 2.75) is 6.42 Å². The second-order valence-corrected chi connectivity index (χ2v) is 2.46. The van der Waals surface area contributed by atoms with Gasteiger partial charge in [-0.15, -0.1) is 0 Å². The Balaban J connectivity index is 2.96. The third-order valence-corrected chi connectivity index (χ3v) is 1.64. The zero-order valence-electron chi connectivity index (χ0n) is 6.38. The predicted molar refractivity (Wildman–Crippen MR) is 48.0 cm³/mol. The fourth-order valence-corrected chi connectivity index (χ4v) is 1.01. The van der Waals surface area contributed by atoms with Gasteiger partial charge in [0.15, 0.2) is 0 Å². The maximum atomic E-state index is 5.69. The van der Waals surface area contributed by atoms with Crippen molar-refractivity contribution in [3.05, 3.63) is 23.8 Å². The van der Waals surface area contributed by atoms with Crippen LogP contribution in [0.5, 0.6) is 0 Å². The molecule has 0 fully saturated rings. The highest BCUT2D eigenvalue weighted by atomic mass is 14.7. The van der Waals surface area contributed by atoms with Crippen LogP contribution in [0.3, 0.4) is 0 Å². The van der Waals surface area contributed by atoms with Crippen LogP contribution in [0.4, 0.5) is 11.4 Å². The van der Waals surface area contributed by atoms with Gasteiger partial charge in [0, 0.05) is 0 Å². The third kappa shape index (κ3) is 1.62. The first-order chi connectivity index (χ1) is 5.25. The molecule has 3 heteroatoms. The molecular weight excluding hydrogens is 138 g/mol. The highest BCUT2D eigenvalue weighted by Gasteiger charge is 1.99. The summed E-state index contributed by atoms with van der Waals surface area (Å²) < 4.78 is 0. The van der Waals surface area contributed by atoms with Crippen molar-refractivity contribution in [1.29, 1.82) is 0 Å². The Labute approximate surface area is 66.2 Å². The summed E-state index contributed by atoms with van der Waals surface area (Å²) in [6.45, 7) is 0.605. The Bertz CT molecular complexity index is 245. The highest BCUT2D eigenvalue weighted by Crippen LogP contribution is 2.18. The maximum Gasteiger partial charge on any atom is 0.0580 e. The molecule has 60 valence electrons. The lowest BCUT2D eigenvalue weighted by atomic mass is 10.1. The van der Waals surface area contributed by atoms with Crippen molar-refractivity contribution in [2.75, 3.05) is 18.0 Å². The van der Waals surface area contributed by atoms with E-state index in [1.54, 1.807) is 6.07 Å². The minimum Gasteiger partial charge on any atom is -0.397 e. The number of para-hydroxylation sites is 1. The maximum absolute atomic E-state index is 5.69. The first-order valence-corrected chi connectivity index (χ1v) is 3.58. The van der Waals surface area contributed by atoms with Gasteiger partial charge in [0.05, 0.1) is 11.4 Å². The minimum absolute atomic E-state index is 0.605. The van der Waals surface area contributed by atoms with E-state index in [4.69, 9.17) is 17.2 Å². The lowest BCUT2D eigenvalue weighted by molar-refractivity contribution is 0.972. The quantitative estimate of drug-likeness (QED) is 0.534. The summed E-state index contributed by atoms with van der Waals surface area (Å²) in [5.74, 6) is 0. The van der Waals surface area contributed by atoms with Gasteiger partial charge >= 0.3 is 0 Å². The molecule has 0 bridgehead atoms. The molecular formula is C8H13N3. The number of rotatable bonds is 2. The first kappa shape index (κ1) is 7.88. The van der Waals surface area contributed by atoms with Crippen LogP contribution in [-0.4, -0.2) is 6.54 Å². The van der Waals surface area contributed by atoms with Crippen LogP contribution in [0.2, 0.25) is 0 Å². The topological polar surface area (TPSA) is 78.1 Å². The molecule has 0 atom stereocenters. The molecule has 0 aliphatic rings. The molecule has 0 aromatic heterocycles. The van der Waals surface area contributed by atoms with Gasteiger partial charge in [-0.1, -0.05) is 12.1 Å². The Morgan fingerprint density at radius 2 is 1.91 bits per heavy atom. The molecule has 1 aromatic carbocycles. The van der Waals surface area contributed by atoms with Gasteiger partial charge in [0.25, 0.3) is 0 Å². The average Bonchev–Trinajstić information content (AvgIpc) is 1.99. The second-order valence-electron chi connectivity index (χ2n) is 2.46. The van der Waals surface area contributed by atoms with Crippen LogP contribution in [0.25, 0.3) is 0 Å². The van der Waals surface area contributed by atoms with Gasteiger partial charge in [-0.25, -0.2) is 0 Å². The molecule has 3 nitrogen and oxygen atoms in total. The molecule has 1 aromatic rings. The van der Waals surface area contributed by atoms with Gasteiger partial charge in [-0.3, -0.25) is 0 Å². The van der Waals surface area contributed by atoms with E-state index in [-0.39, 0.29) is 0 Å². The van der Waals surface area contributed by atoms with Crippen LogP contribution in [0.15, 0.2) is 18.2 Å². The molecule has 0 amide bonds.